The Morgan fingerprint density at radius 1 is 1.17 bits per heavy atom. The summed E-state index contributed by atoms with van der Waals surface area (Å²) in [6.07, 6.45) is 7.21. The van der Waals surface area contributed by atoms with E-state index in [1.54, 1.807) is 24.3 Å². The van der Waals surface area contributed by atoms with Gasteiger partial charge in [0.05, 0.1) is 6.08 Å². The van der Waals surface area contributed by atoms with Crippen molar-refractivity contribution in [3.63, 3.8) is 0 Å². The highest BCUT2D eigenvalue weighted by Crippen LogP contribution is 2.14. The van der Waals surface area contributed by atoms with Crippen molar-refractivity contribution >= 4 is 12.0 Å². The lowest BCUT2D eigenvalue weighted by molar-refractivity contribution is -0.131. The summed E-state index contributed by atoms with van der Waals surface area (Å²) in [5.74, 6) is -1.50. The molecule has 0 saturated carbocycles. The van der Waals surface area contributed by atoms with E-state index in [1.807, 2.05) is 30.3 Å². The second-order valence-electron chi connectivity index (χ2n) is 3.47. The normalized spacial score (nSPS) is 12.7. The summed E-state index contributed by atoms with van der Waals surface area (Å²) in [6, 6.07) is 9.31. The number of carbonyl (C=O) groups is 1. The maximum absolute atomic E-state index is 10.5. The first-order valence-electron chi connectivity index (χ1n) is 5.33. The molecular formula is C15H14O3. The Kier molecular flexibility index (Phi) is 5.19. The van der Waals surface area contributed by atoms with E-state index in [9.17, 15) is 9.90 Å². The first kappa shape index (κ1) is 13.5. The number of allylic oxidation sites excluding steroid dienone is 3. The van der Waals surface area contributed by atoms with Crippen molar-refractivity contribution in [1.29, 1.82) is 0 Å². The molecule has 0 fully saturated rings. The molecule has 0 amide bonds. The van der Waals surface area contributed by atoms with Gasteiger partial charge in [-0.05, 0) is 11.6 Å². The number of benzene rings is 1. The van der Waals surface area contributed by atoms with Gasteiger partial charge in [-0.1, -0.05) is 55.1 Å². The molecule has 3 heteroatoms. The monoisotopic (exact) mass is 242 g/mol. The number of carboxylic acids is 1. The van der Waals surface area contributed by atoms with Crippen molar-refractivity contribution in [2.24, 2.45) is 0 Å². The van der Waals surface area contributed by atoms with Crippen LogP contribution in [0.25, 0.3) is 6.08 Å². The van der Waals surface area contributed by atoms with Crippen LogP contribution in [0.1, 0.15) is 5.56 Å². The summed E-state index contributed by atoms with van der Waals surface area (Å²) in [5.41, 5.74) is 1.27. The number of hydrogen-bond acceptors (Lipinski definition) is 2. The van der Waals surface area contributed by atoms with Gasteiger partial charge in [0, 0.05) is 5.57 Å². The highest BCUT2D eigenvalue weighted by molar-refractivity contribution is 5.82. The van der Waals surface area contributed by atoms with E-state index in [0.717, 1.165) is 11.6 Å². The lowest BCUT2D eigenvalue weighted by Gasteiger charge is -2.01. The summed E-state index contributed by atoms with van der Waals surface area (Å²) < 4.78 is 0. The number of aliphatic carboxylic acids is 1. The zero-order valence-electron chi connectivity index (χ0n) is 9.78. The van der Waals surface area contributed by atoms with Crippen LogP contribution in [0.15, 0.2) is 72.5 Å². The molecule has 0 radical (unpaired) electrons. The first-order chi connectivity index (χ1) is 8.63. The SMILES string of the molecule is C=CC=CC(=Cc1ccccc1)C(O)=CC(=O)O. The minimum absolute atomic E-state index is 0.301. The maximum Gasteiger partial charge on any atom is 0.332 e. The average Bonchev–Trinajstić information content (AvgIpc) is 2.34. The van der Waals surface area contributed by atoms with Crippen molar-refractivity contribution in [2.45, 2.75) is 0 Å². The minimum Gasteiger partial charge on any atom is -0.507 e. The van der Waals surface area contributed by atoms with Crippen LogP contribution in [0.4, 0.5) is 0 Å². The van der Waals surface area contributed by atoms with E-state index in [2.05, 4.69) is 6.58 Å². The van der Waals surface area contributed by atoms with Crippen LogP contribution in [-0.2, 0) is 4.79 Å². The topological polar surface area (TPSA) is 57.5 Å². The smallest absolute Gasteiger partial charge is 0.332 e. The molecule has 0 aliphatic heterocycles. The van der Waals surface area contributed by atoms with Crippen molar-refractivity contribution in [3.8, 4) is 0 Å². The van der Waals surface area contributed by atoms with Gasteiger partial charge in [0.15, 0.2) is 0 Å². The quantitative estimate of drug-likeness (QED) is 0.473. The number of carboxylic acid groups (broad SMARTS) is 1. The van der Waals surface area contributed by atoms with Gasteiger partial charge in [-0.15, -0.1) is 0 Å². The fourth-order valence-corrected chi connectivity index (χ4v) is 1.31. The molecule has 0 bridgehead atoms. The average molecular weight is 242 g/mol. The third-order valence-corrected chi connectivity index (χ3v) is 2.09. The van der Waals surface area contributed by atoms with E-state index >= 15 is 0 Å². The van der Waals surface area contributed by atoms with Crippen LogP contribution in [0.5, 0.6) is 0 Å². The molecule has 0 aliphatic carbocycles. The predicted molar refractivity (Wildman–Crippen MR) is 72.1 cm³/mol. The summed E-state index contributed by atoms with van der Waals surface area (Å²) >= 11 is 0. The van der Waals surface area contributed by atoms with Crippen molar-refractivity contribution in [1.82, 2.24) is 0 Å². The summed E-state index contributed by atoms with van der Waals surface area (Å²) in [5, 5.41) is 18.3. The van der Waals surface area contributed by atoms with Crippen LogP contribution in [0.2, 0.25) is 0 Å². The zero-order chi connectivity index (χ0) is 13.4. The van der Waals surface area contributed by atoms with Crippen molar-refractivity contribution < 1.29 is 15.0 Å². The molecule has 1 aromatic rings. The molecule has 1 rings (SSSR count). The molecule has 18 heavy (non-hydrogen) atoms. The largest absolute Gasteiger partial charge is 0.507 e. The Hall–Kier alpha value is -2.55. The molecule has 0 saturated heterocycles. The molecule has 0 heterocycles. The minimum atomic E-state index is -1.20. The van der Waals surface area contributed by atoms with Crippen molar-refractivity contribution in [3.05, 3.63) is 78.1 Å². The molecule has 2 N–H and O–H groups in total. The molecule has 0 atom stereocenters. The van der Waals surface area contributed by atoms with E-state index in [1.165, 1.54) is 0 Å². The zero-order valence-corrected chi connectivity index (χ0v) is 9.78. The molecule has 0 spiro atoms. The molecule has 0 unspecified atom stereocenters. The third-order valence-electron chi connectivity index (χ3n) is 2.09. The fourth-order valence-electron chi connectivity index (χ4n) is 1.31. The molecule has 1 aromatic carbocycles. The molecule has 3 nitrogen and oxygen atoms in total. The third kappa shape index (κ3) is 4.53. The Morgan fingerprint density at radius 2 is 1.83 bits per heavy atom. The number of rotatable bonds is 5. The first-order valence-corrected chi connectivity index (χ1v) is 5.33. The lowest BCUT2D eigenvalue weighted by atomic mass is 10.1. The fraction of sp³-hybridized carbons (Fsp3) is 0. The van der Waals surface area contributed by atoms with E-state index < -0.39 is 5.97 Å². The standard InChI is InChI=1S/C15H14O3/c1-2-3-9-13(14(16)11-15(17)18)10-12-7-5-4-6-8-12/h2-11,16H,1H2,(H,17,18). The summed E-state index contributed by atoms with van der Waals surface area (Å²) in [7, 11) is 0. The van der Waals surface area contributed by atoms with E-state index in [0.29, 0.717) is 5.57 Å². The van der Waals surface area contributed by atoms with Gasteiger partial charge in [0.1, 0.15) is 5.76 Å². The summed E-state index contributed by atoms with van der Waals surface area (Å²) in [4.78, 5) is 10.5. The molecule has 0 aromatic heterocycles. The van der Waals surface area contributed by atoms with Crippen LogP contribution in [0.3, 0.4) is 0 Å². The summed E-state index contributed by atoms with van der Waals surface area (Å²) in [6.45, 7) is 3.53. The van der Waals surface area contributed by atoms with Gasteiger partial charge in [0.25, 0.3) is 0 Å². The predicted octanol–water partition coefficient (Wildman–Crippen LogP) is 3.34. The maximum atomic E-state index is 10.5. The highest BCUT2D eigenvalue weighted by Gasteiger charge is 2.02. The number of hydrogen-bond donors (Lipinski definition) is 2. The Bertz CT molecular complexity index is 508. The van der Waals surface area contributed by atoms with Gasteiger partial charge < -0.3 is 10.2 Å². The second-order valence-corrected chi connectivity index (χ2v) is 3.47. The lowest BCUT2D eigenvalue weighted by Crippen LogP contribution is -1.94. The van der Waals surface area contributed by atoms with Gasteiger partial charge >= 0.3 is 5.97 Å². The van der Waals surface area contributed by atoms with Gasteiger partial charge in [0.2, 0.25) is 0 Å². The van der Waals surface area contributed by atoms with Crippen LogP contribution >= 0.6 is 0 Å². The molecular weight excluding hydrogens is 228 g/mol. The second kappa shape index (κ2) is 6.91. The van der Waals surface area contributed by atoms with Gasteiger partial charge in [-0.3, -0.25) is 0 Å². The van der Waals surface area contributed by atoms with Crippen molar-refractivity contribution in [2.75, 3.05) is 0 Å². The highest BCUT2D eigenvalue weighted by atomic mass is 16.4. The number of aliphatic hydroxyl groups is 1. The Balaban J connectivity index is 3.13. The molecule has 92 valence electrons. The Morgan fingerprint density at radius 3 is 2.39 bits per heavy atom. The van der Waals surface area contributed by atoms with Crippen LogP contribution < -0.4 is 0 Å². The van der Waals surface area contributed by atoms with E-state index in [4.69, 9.17) is 5.11 Å². The number of aliphatic hydroxyl groups excluding tert-OH is 1. The van der Waals surface area contributed by atoms with Gasteiger partial charge in [-0.25, -0.2) is 4.79 Å². The molecule has 0 aliphatic rings. The van der Waals surface area contributed by atoms with Crippen LogP contribution in [0, 0.1) is 0 Å². The van der Waals surface area contributed by atoms with Crippen LogP contribution in [-0.4, -0.2) is 16.2 Å². The van der Waals surface area contributed by atoms with Gasteiger partial charge in [-0.2, -0.15) is 0 Å². The van der Waals surface area contributed by atoms with E-state index in [-0.39, 0.29) is 5.76 Å². The Labute approximate surface area is 106 Å².